The second-order valence-corrected chi connectivity index (χ2v) is 3.61. The molecule has 0 fully saturated rings. The quantitative estimate of drug-likeness (QED) is 0.646. The van der Waals surface area contributed by atoms with Crippen LogP contribution in [-0.2, 0) is 0 Å². The Balaban J connectivity index is 1.93. The molecule has 0 saturated heterocycles. The second-order valence-electron chi connectivity index (χ2n) is 3.61. The van der Waals surface area contributed by atoms with Gasteiger partial charge in [0.05, 0.1) is 18.5 Å². The van der Waals surface area contributed by atoms with Gasteiger partial charge in [0.2, 0.25) is 0 Å². The molecule has 1 N–H and O–H groups in total. The van der Waals surface area contributed by atoms with Crippen molar-refractivity contribution in [3.05, 3.63) is 54.4 Å². The lowest BCUT2D eigenvalue weighted by Crippen LogP contribution is -1.92. The molecule has 1 aromatic heterocycles. The van der Waals surface area contributed by atoms with Gasteiger partial charge >= 0.3 is 0 Å². The maximum absolute atomic E-state index is 5.37. The summed E-state index contributed by atoms with van der Waals surface area (Å²) in [4.78, 5) is 3.93. The lowest BCUT2D eigenvalue weighted by molar-refractivity contribution is 0.340. The van der Waals surface area contributed by atoms with Crippen LogP contribution in [0.5, 0.6) is 5.75 Å². The van der Waals surface area contributed by atoms with Gasteiger partial charge in [-0.25, -0.2) is 0 Å². The molecule has 0 saturated carbocycles. The van der Waals surface area contributed by atoms with Crippen LogP contribution in [0.4, 0.5) is 5.69 Å². The fourth-order valence-corrected chi connectivity index (χ4v) is 1.42. The van der Waals surface area contributed by atoms with Gasteiger partial charge in [0, 0.05) is 12.4 Å². The Kier molecular flexibility index (Phi) is 4.30. The fourth-order valence-electron chi connectivity index (χ4n) is 1.42. The third kappa shape index (κ3) is 3.59. The van der Waals surface area contributed by atoms with Crippen LogP contribution in [0, 0.1) is 0 Å². The van der Waals surface area contributed by atoms with Crippen molar-refractivity contribution in [1.82, 2.24) is 4.98 Å². The zero-order valence-electron chi connectivity index (χ0n) is 10.2. The number of hydrogen-bond donors (Lipinski definition) is 1. The average molecular weight is 241 g/mol. The minimum Gasteiger partial charge on any atom is -0.494 e. The van der Waals surface area contributed by atoms with Gasteiger partial charge in [-0.05, 0) is 48.9 Å². The van der Waals surface area contributed by atoms with Crippen molar-refractivity contribution in [3.8, 4) is 5.75 Å². The number of hydrogen-bond acceptors (Lipinski definition) is 4. The summed E-state index contributed by atoms with van der Waals surface area (Å²) in [5.41, 5.74) is 4.85. The lowest BCUT2D eigenvalue weighted by Gasteiger charge is -2.02. The van der Waals surface area contributed by atoms with Gasteiger partial charge in [-0.2, -0.15) is 5.10 Å². The first-order chi connectivity index (χ1) is 8.88. The molecule has 4 nitrogen and oxygen atoms in total. The molecule has 1 aromatic carbocycles. The highest BCUT2D eigenvalue weighted by Crippen LogP contribution is 2.11. The molecule has 2 rings (SSSR count). The minimum atomic E-state index is 0.678. The molecular weight excluding hydrogens is 226 g/mol. The van der Waals surface area contributed by atoms with Crippen LogP contribution in [0.15, 0.2) is 53.9 Å². The summed E-state index contributed by atoms with van der Waals surface area (Å²) in [5.74, 6) is 0.872. The molecule has 0 aliphatic rings. The third-order valence-electron chi connectivity index (χ3n) is 2.28. The van der Waals surface area contributed by atoms with Crippen molar-refractivity contribution in [2.24, 2.45) is 5.10 Å². The Hall–Kier alpha value is -2.36. The summed E-state index contributed by atoms with van der Waals surface area (Å²) in [6, 6.07) is 11.5. The van der Waals surface area contributed by atoms with Crippen molar-refractivity contribution in [2.75, 3.05) is 12.0 Å². The SMILES string of the molecule is CCOc1ccc(/C=N\Nc2ccncc2)cc1. The molecular formula is C14H15N3O. The Bertz CT molecular complexity index is 494. The summed E-state index contributed by atoms with van der Waals surface area (Å²) in [5, 5.41) is 4.14. The summed E-state index contributed by atoms with van der Waals surface area (Å²) < 4.78 is 5.37. The average Bonchev–Trinajstić information content (AvgIpc) is 2.42. The van der Waals surface area contributed by atoms with Crippen molar-refractivity contribution in [1.29, 1.82) is 0 Å². The van der Waals surface area contributed by atoms with Crippen LogP contribution in [0.3, 0.4) is 0 Å². The molecule has 4 heteroatoms. The minimum absolute atomic E-state index is 0.678. The highest BCUT2D eigenvalue weighted by Gasteiger charge is 1.92. The number of nitrogens with one attached hydrogen (secondary N) is 1. The van der Waals surface area contributed by atoms with E-state index >= 15 is 0 Å². The first-order valence-corrected chi connectivity index (χ1v) is 5.80. The van der Waals surface area contributed by atoms with E-state index in [-0.39, 0.29) is 0 Å². The molecule has 0 aliphatic heterocycles. The number of benzene rings is 1. The number of anilines is 1. The van der Waals surface area contributed by atoms with Gasteiger partial charge in [-0.1, -0.05) is 0 Å². The van der Waals surface area contributed by atoms with Crippen molar-refractivity contribution in [2.45, 2.75) is 6.92 Å². The van der Waals surface area contributed by atoms with Crippen LogP contribution in [-0.4, -0.2) is 17.8 Å². The molecule has 0 bridgehead atoms. The zero-order chi connectivity index (χ0) is 12.6. The van der Waals surface area contributed by atoms with E-state index in [1.54, 1.807) is 18.6 Å². The molecule has 92 valence electrons. The summed E-state index contributed by atoms with van der Waals surface area (Å²) in [7, 11) is 0. The van der Waals surface area contributed by atoms with Crippen molar-refractivity contribution in [3.63, 3.8) is 0 Å². The Morgan fingerprint density at radius 1 is 1.17 bits per heavy atom. The van der Waals surface area contributed by atoms with Gasteiger partial charge in [0.15, 0.2) is 0 Å². The van der Waals surface area contributed by atoms with E-state index in [0.29, 0.717) is 6.61 Å². The first-order valence-electron chi connectivity index (χ1n) is 5.80. The first kappa shape index (κ1) is 12.1. The van der Waals surface area contributed by atoms with Crippen LogP contribution >= 0.6 is 0 Å². The Morgan fingerprint density at radius 2 is 1.89 bits per heavy atom. The van der Waals surface area contributed by atoms with E-state index in [4.69, 9.17) is 4.74 Å². The number of nitrogens with zero attached hydrogens (tertiary/aromatic N) is 2. The molecule has 0 radical (unpaired) electrons. The van der Waals surface area contributed by atoms with Crippen molar-refractivity contribution < 1.29 is 4.74 Å². The predicted octanol–water partition coefficient (Wildman–Crippen LogP) is 2.93. The van der Waals surface area contributed by atoms with E-state index in [9.17, 15) is 0 Å². The third-order valence-corrected chi connectivity index (χ3v) is 2.28. The van der Waals surface area contributed by atoms with Crippen LogP contribution in [0.1, 0.15) is 12.5 Å². The van der Waals surface area contributed by atoms with E-state index in [0.717, 1.165) is 17.0 Å². The van der Waals surface area contributed by atoms with Gasteiger partial charge in [0.1, 0.15) is 5.75 Å². The van der Waals surface area contributed by atoms with Crippen LogP contribution in [0.2, 0.25) is 0 Å². The molecule has 0 amide bonds. The van der Waals surface area contributed by atoms with Gasteiger partial charge in [-0.3, -0.25) is 10.4 Å². The van der Waals surface area contributed by atoms with E-state index < -0.39 is 0 Å². The number of rotatable bonds is 5. The molecule has 1 heterocycles. The van der Waals surface area contributed by atoms with E-state index in [2.05, 4.69) is 15.5 Å². The van der Waals surface area contributed by atoms with E-state index in [1.807, 2.05) is 43.3 Å². The number of aromatic nitrogens is 1. The zero-order valence-corrected chi connectivity index (χ0v) is 10.2. The summed E-state index contributed by atoms with van der Waals surface area (Å²) >= 11 is 0. The highest BCUT2D eigenvalue weighted by atomic mass is 16.5. The normalized spacial score (nSPS) is 10.5. The second kappa shape index (κ2) is 6.39. The van der Waals surface area contributed by atoms with E-state index in [1.165, 1.54) is 0 Å². The summed E-state index contributed by atoms with van der Waals surface area (Å²) in [6.45, 7) is 2.64. The molecule has 0 atom stereocenters. The lowest BCUT2D eigenvalue weighted by atomic mass is 10.2. The molecule has 18 heavy (non-hydrogen) atoms. The van der Waals surface area contributed by atoms with Gasteiger partial charge < -0.3 is 4.74 Å². The number of pyridine rings is 1. The Morgan fingerprint density at radius 3 is 2.56 bits per heavy atom. The topological polar surface area (TPSA) is 46.5 Å². The maximum atomic E-state index is 5.37. The predicted molar refractivity (Wildman–Crippen MR) is 73.1 cm³/mol. The smallest absolute Gasteiger partial charge is 0.119 e. The van der Waals surface area contributed by atoms with Crippen molar-refractivity contribution >= 4 is 11.9 Å². The molecule has 2 aromatic rings. The highest BCUT2D eigenvalue weighted by molar-refractivity contribution is 5.80. The maximum Gasteiger partial charge on any atom is 0.119 e. The fraction of sp³-hybridized carbons (Fsp3) is 0.143. The molecule has 0 spiro atoms. The summed E-state index contributed by atoms with van der Waals surface area (Å²) in [6.07, 6.45) is 5.19. The largest absolute Gasteiger partial charge is 0.494 e. The monoisotopic (exact) mass is 241 g/mol. The van der Waals surface area contributed by atoms with Gasteiger partial charge in [0.25, 0.3) is 0 Å². The molecule has 0 aliphatic carbocycles. The Labute approximate surface area is 106 Å². The number of hydrazone groups is 1. The van der Waals surface area contributed by atoms with Crippen LogP contribution in [0.25, 0.3) is 0 Å². The molecule has 0 unspecified atom stereocenters. The number of ether oxygens (including phenoxy) is 1. The van der Waals surface area contributed by atoms with Gasteiger partial charge in [-0.15, -0.1) is 0 Å². The standard InChI is InChI=1S/C14H15N3O/c1-2-18-14-5-3-12(4-6-14)11-16-17-13-7-9-15-10-8-13/h3-11H,2H2,1H3,(H,15,17)/b16-11-. The van der Waals surface area contributed by atoms with Crippen LogP contribution < -0.4 is 10.2 Å².